The molecule has 6 nitrogen and oxygen atoms in total. The van der Waals surface area contributed by atoms with Crippen LogP contribution in [-0.2, 0) is 4.74 Å². The smallest absolute Gasteiger partial charge is 0.142 e. The molecular weight excluding hydrogens is 442 g/mol. The highest BCUT2D eigenvalue weighted by Crippen LogP contribution is 2.34. The van der Waals surface area contributed by atoms with Crippen LogP contribution in [0.4, 0.5) is 17.1 Å². The highest BCUT2D eigenvalue weighted by atomic mass is 79.9. The summed E-state index contributed by atoms with van der Waals surface area (Å²) in [6.07, 6.45) is 1.62. The zero-order chi connectivity index (χ0) is 21.1. The minimum absolute atomic E-state index is 0.0193. The van der Waals surface area contributed by atoms with Crippen LogP contribution in [-0.4, -0.2) is 37.5 Å². The van der Waals surface area contributed by atoms with E-state index in [-0.39, 0.29) is 6.23 Å². The molecule has 0 aliphatic carbocycles. The molecule has 1 aliphatic rings. The normalized spacial score (nSPS) is 16.3. The average Bonchev–Trinajstić information content (AvgIpc) is 2.75. The number of aryl methyl sites for hydroxylation is 1. The van der Waals surface area contributed by atoms with E-state index >= 15 is 0 Å². The van der Waals surface area contributed by atoms with Gasteiger partial charge in [-0.05, 0) is 49.7 Å². The van der Waals surface area contributed by atoms with Crippen molar-refractivity contribution >= 4 is 43.9 Å². The summed E-state index contributed by atoms with van der Waals surface area (Å²) in [5.41, 5.74) is 5.19. The van der Waals surface area contributed by atoms with Gasteiger partial charge >= 0.3 is 0 Å². The van der Waals surface area contributed by atoms with Crippen molar-refractivity contribution in [3.8, 4) is 6.07 Å². The van der Waals surface area contributed by atoms with Crippen molar-refractivity contribution in [1.82, 2.24) is 10.3 Å². The Morgan fingerprint density at radius 2 is 2.23 bits per heavy atom. The molecule has 1 saturated heterocycles. The monoisotopic (exact) mass is 465 g/mol. The molecule has 1 aliphatic heterocycles. The number of ether oxygens (including phenoxy) is 1. The number of morpholine rings is 1. The Bertz CT molecular complexity index is 1100. The van der Waals surface area contributed by atoms with Gasteiger partial charge in [-0.2, -0.15) is 5.26 Å². The van der Waals surface area contributed by atoms with E-state index < -0.39 is 0 Å². The van der Waals surface area contributed by atoms with Crippen molar-refractivity contribution in [2.24, 2.45) is 0 Å². The molecule has 30 heavy (non-hydrogen) atoms. The second-order valence-corrected chi connectivity index (χ2v) is 8.18. The zero-order valence-corrected chi connectivity index (χ0v) is 18.7. The first-order chi connectivity index (χ1) is 14.6. The van der Waals surface area contributed by atoms with E-state index in [4.69, 9.17) is 4.74 Å². The molecule has 0 bridgehead atoms. The minimum Gasteiger partial charge on any atom is -0.356 e. The van der Waals surface area contributed by atoms with E-state index in [9.17, 15) is 5.26 Å². The molecule has 3 aromatic rings. The van der Waals surface area contributed by atoms with Gasteiger partial charge in [0.2, 0.25) is 0 Å². The quantitative estimate of drug-likeness (QED) is 0.569. The van der Waals surface area contributed by atoms with Crippen LogP contribution in [0.15, 0.2) is 47.1 Å². The number of fused-ring (bicyclic) bond motifs is 1. The van der Waals surface area contributed by atoms with Crippen molar-refractivity contribution in [2.45, 2.75) is 20.1 Å². The Balaban J connectivity index is 1.84. The van der Waals surface area contributed by atoms with Gasteiger partial charge in [0.05, 0.1) is 23.4 Å². The number of halogens is 1. The SMILES string of the molecule is CCN(c1cc(C)c2ncc(C#N)c(Nc3cccc(Br)c3)c2c1)C1CNCCO1. The van der Waals surface area contributed by atoms with E-state index in [1.165, 1.54) is 0 Å². The van der Waals surface area contributed by atoms with Crippen molar-refractivity contribution in [3.63, 3.8) is 0 Å². The van der Waals surface area contributed by atoms with Gasteiger partial charge in [-0.3, -0.25) is 4.98 Å². The number of anilines is 3. The maximum absolute atomic E-state index is 9.73. The number of nitrogens with zero attached hydrogens (tertiary/aromatic N) is 3. The Kier molecular flexibility index (Phi) is 6.18. The summed E-state index contributed by atoms with van der Waals surface area (Å²) < 4.78 is 6.97. The molecule has 1 unspecified atom stereocenters. The minimum atomic E-state index is -0.0193. The number of nitriles is 1. The van der Waals surface area contributed by atoms with Crippen LogP contribution in [0, 0.1) is 18.3 Å². The lowest BCUT2D eigenvalue weighted by atomic mass is 10.0. The Labute approximate surface area is 185 Å². The first-order valence-electron chi connectivity index (χ1n) is 10.1. The molecule has 0 radical (unpaired) electrons. The molecule has 4 rings (SSSR count). The Hall–Kier alpha value is -2.66. The average molecular weight is 466 g/mol. The lowest BCUT2D eigenvalue weighted by Gasteiger charge is -2.35. The summed E-state index contributed by atoms with van der Waals surface area (Å²) in [5, 5.41) is 17.5. The van der Waals surface area contributed by atoms with Crippen LogP contribution < -0.4 is 15.5 Å². The molecule has 1 atom stereocenters. The van der Waals surface area contributed by atoms with Crippen LogP contribution in [0.5, 0.6) is 0 Å². The van der Waals surface area contributed by atoms with Crippen LogP contribution in [0.3, 0.4) is 0 Å². The number of aromatic nitrogens is 1. The Morgan fingerprint density at radius 3 is 2.93 bits per heavy atom. The first-order valence-corrected chi connectivity index (χ1v) is 10.8. The third-order valence-electron chi connectivity index (χ3n) is 5.29. The van der Waals surface area contributed by atoms with E-state index in [0.717, 1.165) is 57.6 Å². The summed E-state index contributed by atoms with van der Waals surface area (Å²) in [5.74, 6) is 0. The third kappa shape index (κ3) is 4.12. The molecule has 2 N–H and O–H groups in total. The summed E-state index contributed by atoms with van der Waals surface area (Å²) in [6.45, 7) is 7.36. The van der Waals surface area contributed by atoms with Gasteiger partial charge in [0.1, 0.15) is 12.3 Å². The molecule has 0 spiro atoms. The van der Waals surface area contributed by atoms with E-state index in [2.05, 4.69) is 68.5 Å². The summed E-state index contributed by atoms with van der Waals surface area (Å²) in [7, 11) is 0. The molecule has 0 amide bonds. The molecule has 1 aromatic heterocycles. The molecule has 154 valence electrons. The second-order valence-electron chi connectivity index (χ2n) is 7.27. The largest absolute Gasteiger partial charge is 0.356 e. The van der Waals surface area contributed by atoms with Gasteiger partial charge in [-0.1, -0.05) is 22.0 Å². The standard InChI is InChI=1S/C23H24BrN5O/c1-3-29(21-14-26-7-8-30-21)19-9-15(2)22-20(11-19)23(16(12-25)13-27-22)28-18-6-4-5-17(24)10-18/h4-6,9-11,13,21,26H,3,7-8,14H2,1-2H3,(H,27,28). The molecule has 7 heteroatoms. The zero-order valence-electron chi connectivity index (χ0n) is 17.1. The van der Waals surface area contributed by atoms with Crippen LogP contribution >= 0.6 is 15.9 Å². The predicted octanol–water partition coefficient (Wildman–Crippen LogP) is 4.69. The van der Waals surface area contributed by atoms with E-state index in [0.29, 0.717) is 12.2 Å². The Morgan fingerprint density at radius 1 is 1.37 bits per heavy atom. The van der Waals surface area contributed by atoms with Gasteiger partial charge in [0.15, 0.2) is 0 Å². The van der Waals surface area contributed by atoms with Gasteiger partial charge in [0, 0.05) is 47.1 Å². The van der Waals surface area contributed by atoms with Crippen molar-refractivity contribution in [1.29, 1.82) is 5.26 Å². The molecular formula is C23H24BrN5O. The number of hydrogen-bond donors (Lipinski definition) is 2. The molecule has 1 fully saturated rings. The van der Waals surface area contributed by atoms with E-state index in [1.54, 1.807) is 6.20 Å². The lowest BCUT2D eigenvalue weighted by Crippen LogP contribution is -2.49. The third-order valence-corrected chi connectivity index (χ3v) is 5.78. The number of rotatable bonds is 5. The number of likely N-dealkylation sites (N-methyl/N-ethyl adjacent to an activating group) is 1. The lowest BCUT2D eigenvalue weighted by molar-refractivity contribution is 0.0272. The maximum atomic E-state index is 9.73. The molecule has 2 aromatic carbocycles. The van der Waals surface area contributed by atoms with Gasteiger partial charge in [0.25, 0.3) is 0 Å². The van der Waals surface area contributed by atoms with Gasteiger partial charge < -0.3 is 20.3 Å². The van der Waals surface area contributed by atoms with Crippen LogP contribution in [0.25, 0.3) is 10.9 Å². The van der Waals surface area contributed by atoms with Gasteiger partial charge in [-0.25, -0.2) is 0 Å². The van der Waals surface area contributed by atoms with Crippen molar-refractivity contribution in [3.05, 3.63) is 58.2 Å². The topological polar surface area (TPSA) is 73.2 Å². The summed E-state index contributed by atoms with van der Waals surface area (Å²) in [4.78, 5) is 6.83. The van der Waals surface area contributed by atoms with Crippen LogP contribution in [0.2, 0.25) is 0 Å². The van der Waals surface area contributed by atoms with E-state index in [1.807, 2.05) is 24.3 Å². The second kappa shape index (κ2) is 9.00. The number of hydrogen-bond acceptors (Lipinski definition) is 6. The fourth-order valence-corrected chi connectivity index (χ4v) is 4.26. The fraction of sp³-hybridized carbons (Fsp3) is 0.304. The molecule has 2 heterocycles. The van der Waals surface area contributed by atoms with Crippen molar-refractivity contribution < 1.29 is 4.74 Å². The predicted molar refractivity (Wildman–Crippen MR) is 124 cm³/mol. The van der Waals surface area contributed by atoms with Gasteiger partial charge in [-0.15, -0.1) is 0 Å². The van der Waals surface area contributed by atoms with Crippen molar-refractivity contribution in [2.75, 3.05) is 36.5 Å². The highest BCUT2D eigenvalue weighted by Gasteiger charge is 2.22. The maximum Gasteiger partial charge on any atom is 0.142 e. The first kappa shape index (κ1) is 20.6. The number of pyridine rings is 1. The van der Waals surface area contributed by atoms with Crippen LogP contribution in [0.1, 0.15) is 18.1 Å². The summed E-state index contributed by atoms with van der Waals surface area (Å²) >= 11 is 3.51. The molecule has 0 saturated carbocycles. The summed E-state index contributed by atoms with van der Waals surface area (Å²) in [6, 6.07) is 14.4. The number of nitrogens with one attached hydrogen (secondary N) is 2. The number of benzene rings is 2. The highest BCUT2D eigenvalue weighted by molar-refractivity contribution is 9.10. The fourth-order valence-electron chi connectivity index (χ4n) is 3.86.